The van der Waals surface area contributed by atoms with Crippen LogP contribution in [0.25, 0.3) is 0 Å². The summed E-state index contributed by atoms with van der Waals surface area (Å²) < 4.78 is 0. The number of hydrogen-bond acceptors (Lipinski definition) is 3. The van der Waals surface area contributed by atoms with Gasteiger partial charge in [-0.15, -0.1) is 0 Å². The highest BCUT2D eigenvalue weighted by Crippen LogP contribution is 2.20. The summed E-state index contributed by atoms with van der Waals surface area (Å²) in [5.41, 5.74) is 0.965. The molecule has 1 aromatic rings. The first kappa shape index (κ1) is 16.9. The van der Waals surface area contributed by atoms with Crippen molar-refractivity contribution >= 4 is 11.8 Å². The molecule has 2 fully saturated rings. The zero-order valence-electron chi connectivity index (χ0n) is 14.7. The first-order valence-corrected chi connectivity index (χ1v) is 9.09. The predicted molar refractivity (Wildman–Crippen MR) is 92.8 cm³/mol. The van der Waals surface area contributed by atoms with Gasteiger partial charge in [-0.05, 0) is 49.7 Å². The Morgan fingerprint density at radius 3 is 2.17 bits per heavy atom. The third-order valence-electron chi connectivity index (χ3n) is 5.11. The van der Waals surface area contributed by atoms with Gasteiger partial charge in [0.1, 0.15) is 5.69 Å². The summed E-state index contributed by atoms with van der Waals surface area (Å²) in [6.45, 7) is 7.52. The van der Waals surface area contributed by atoms with Crippen molar-refractivity contribution < 1.29 is 9.59 Å². The lowest BCUT2D eigenvalue weighted by Crippen LogP contribution is -2.40. The summed E-state index contributed by atoms with van der Waals surface area (Å²) in [4.78, 5) is 33.4. The quantitative estimate of drug-likeness (QED) is 0.838. The molecule has 0 aliphatic carbocycles. The molecule has 2 saturated heterocycles. The van der Waals surface area contributed by atoms with Crippen molar-refractivity contribution in [3.63, 3.8) is 0 Å². The minimum Gasteiger partial charge on any atom is -0.338 e. The van der Waals surface area contributed by atoms with E-state index in [0.29, 0.717) is 23.1 Å². The first-order valence-electron chi connectivity index (χ1n) is 9.09. The Bertz CT molecular complexity index is 567. The molecular formula is C19H27N3O2. The number of piperidine rings is 2. The Hall–Kier alpha value is -1.91. The minimum atomic E-state index is -0.0526. The van der Waals surface area contributed by atoms with E-state index in [0.717, 1.165) is 39.0 Å². The van der Waals surface area contributed by atoms with Crippen LogP contribution in [0.2, 0.25) is 0 Å². The number of nitrogens with zero attached hydrogens (tertiary/aromatic N) is 3. The third kappa shape index (κ3) is 3.77. The molecule has 0 spiro atoms. The van der Waals surface area contributed by atoms with Crippen LogP contribution in [-0.4, -0.2) is 52.8 Å². The fourth-order valence-corrected chi connectivity index (χ4v) is 3.77. The highest BCUT2D eigenvalue weighted by atomic mass is 16.2. The van der Waals surface area contributed by atoms with Crippen LogP contribution in [0.1, 0.15) is 60.4 Å². The highest BCUT2D eigenvalue weighted by Gasteiger charge is 2.25. The number of rotatable bonds is 2. The molecule has 2 atom stereocenters. The number of carbonyl (C=O) groups excluding carboxylic acids is 2. The van der Waals surface area contributed by atoms with Crippen LogP contribution in [-0.2, 0) is 0 Å². The lowest BCUT2D eigenvalue weighted by molar-refractivity contribution is 0.0675. The molecule has 2 unspecified atom stereocenters. The normalized spacial score (nSPS) is 24.8. The Morgan fingerprint density at radius 1 is 1.00 bits per heavy atom. The van der Waals surface area contributed by atoms with Gasteiger partial charge >= 0.3 is 0 Å². The predicted octanol–water partition coefficient (Wildman–Crippen LogP) is 2.83. The van der Waals surface area contributed by atoms with Crippen LogP contribution in [0.5, 0.6) is 0 Å². The van der Waals surface area contributed by atoms with Crippen molar-refractivity contribution in [3.05, 3.63) is 29.6 Å². The van der Waals surface area contributed by atoms with Gasteiger partial charge in [-0.2, -0.15) is 0 Å². The molecule has 5 heteroatoms. The van der Waals surface area contributed by atoms with Gasteiger partial charge in [-0.25, -0.2) is 0 Å². The largest absolute Gasteiger partial charge is 0.338 e. The standard InChI is InChI=1S/C19H27N3O2/c1-14-5-3-9-21(12-14)18(23)16-7-8-20-17(11-16)19(24)22-10-4-6-15(2)13-22/h7-8,11,14-15H,3-6,9-10,12-13H2,1-2H3. The molecule has 0 radical (unpaired) electrons. The first-order chi connectivity index (χ1) is 11.5. The van der Waals surface area contributed by atoms with Gasteiger partial charge in [0.15, 0.2) is 0 Å². The van der Waals surface area contributed by atoms with E-state index in [1.807, 2.05) is 9.80 Å². The van der Waals surface area contributed by atoms with E-state index in [1.165, 1.54) is 12.8 Å². The second-order valence-electron chi connectivity index (χ2n) is 7.43. The molecule has 1 aromatic heterocycles. The summed E-state index contributed by atoms with van der Waals surface area (Å²) >= 11 is 0. The lowest BCUT2D eigenvalue weighted by Gasteiger charge is -2.31. The molecule has 3 rings (SSSR count). The van der Waals surface area contributed by atoms with Crippen molar-refractivity contribution in [2.45, 2.75) is 39.5 Å². The lowest BCUT2D eigenvalue weighted by atomic mass is 9.99. The average molecular weight is 329 g/mol. The van der Waals surface area contributed by atoms with Gasteiger partial charge < -0.3 is 9.80 Å². The molecule has 24 heavy (non-hydrogen) atoms. The van der Waals surface area contributed by atoms with E-state index in [2.05, 4.69) is 18.8 Å². The summed E-state index contributed by atoms with van der Waals surface area (Å²) in [5, 5.41) is 0. The SMILES string of the molecule is CC1CCCN(C(=O)c2ccnc(C(=O)N3CCCC(C)C3)c2)C1. The molecule has 0 bridgehead atoms. The van der Waals surface area contributed by atoms with Crippen LogP contribution >= 0.6 is 0 Å². The zero-order valence-corrected chi connectivity index (χ0v) is 14.7. The van der Waals surface area contributed by atoms with E-state index in [4.69, 9.17) is 0 Å². The Labute approximate surface area is 144 Å². The molecule has 5 nitrogen and oxygen atoms in total. The van der Waals surface area contributed by atoms with E-state index in [9.17, 15) is 9.59 Å². The van der Waals surface area contributed by atoms with Crippen LogP contribution in [0.4, 0.5) is 0 Å². The van der Waals surface area contributed by atoms with Crippen LogP contribution in [0, 0.1) is 11.8 Å². The number of amides is 2. The van der Waals surface area contributed by atoms with E-state index in [-0.39, 0.29) is 11.8 Å². The second kappa shape index (κ2) is 7.32. The minimum absolute atomic E-state index is 0.0185. The van der Waals surface area contributed by atoms with Gasteiger partial charge in [0.25, 0.3) is 11.8 Å². The van der Waals surface area contributed by atoms with Crippen LogP contribution in [0.3, 0.4) is 0 Å². The number of pyridine rings is 1. The smallest absolute Gasteiger partial charge is 0.272 e. The molecule has 3 heterocycles. The van der Waals surface area contributed by atoms with Gasteiger partial charge in [0.2, 0.25) is 0 Å². The van der Waals surface area contributed by atoms with Gasteiger partial charge in [-0.1, -0.05) is 13.8 Å². The summed E-state index contributed by atoms with van der Waals surface area (Å²) in [6.07, 6.45) is 6.02. The summed E-state index contributed by atoms with van der Waals surface area (Å²) in [6, 6.07) is 3.39. The van der Waals surface area contributed by atoms with Crippen molar-refractivity contribution in [3.8, 4) is 0 Å². The summed E-state index contributed by atoms with van der Waals surface area (Å²) in [7, 11) is 0. The summed E-state index contributed by atoms with van der Waals surface area (Å²) in [5.74, 6) is 1.04. The maximum absolute atomic E-state index is 12.7. The Balaban J connectivity index is 1.73. The van der Waals surface area contributed by atoms with Gasteiger partial charge in [0.05, 0.1) is 0 Å². The van der Waals surface area contributed by atoms with E-state index >= 15 is 0 Å². The zero-order chi connectivity index (χ0) is 17.1. The van der Waals surface area contributed by atoms with E-state index < -0.39 is 0 Å². The Morgan fingerprint density at radius 2 is 1.58 bits per heavy atom. The maximum atomic E-state index is 12.7. The molecule has 130 valence electrons. The molecule has 0 N–H and O–H groups in total. The van der Waals surface area contributed by atoms with Crippen LogP contribution in [0.15, 0.2) is 18.3 Å². The third-order valence-corrected chi connectivity index (χ3v) is 5.11. The van der Waals surface area contributed by atoms with Gasteiger partial charge in [0, 0.05) is 37.9 Å². The van der Waals surface area contributed by atoms with Crippen LogP contribution < -0.4 is 0 Å². The molecule has 0 aromatic carbocycles. The highest BCUT2D eigenvalue weighted by molar-refractivity contribution is 5.98. The van der Waals surface area contributed by atoms with E-state index in [1.54, 1.807) is 18.3 Å². The molecule has 2 aliphatic heterocycles. The molecule has 2 amide bonds. The maximum Gasteiger partial charge on any atom is 0.272 e. The molecule has 0 saturated carbocycles. The fraction of sp³-hybridized carbons (Fsp3) is 0.632. The second-order valence-corrected chi connectivity index (χ2v) is 7.43. The molecular weight excluding hydrogens is 302 g/mol. The number of aromatic nitrogens is 1. The molecule has 2 aliphatic rings. The van der Waals surface area contributed by atoms with Crippen molar-refractivity contribution in [1.29, 1.82) is 0 Å². The fourth-order valence-electron chi connectivity index (χ4n) is 3.77. The number of likely N-dealkylation sites (tertiary alicyclic amines) is 2. The van der Waals surface area contributed by atoms with Gasteiger partial charge in [-0.3, -0.25) is 14.6 Å². The number of carbonyl (C=O) groups is 2. The Kier molecular flexibility index (Phi) is 5.17. The number of hydrogen-bond donors (Lipinski definition) is 0. The average Bonchev–Trinajstić information content (AvgIpc) is 2.60. The topological polar surface area (TPSA) is 53.5 Å². The monoisotopic (exact) mass is 329 g/mol. The van der Waals surface area contributed by atoms with Crippen molar-refractivity contribution in [2.24, 2.45) is 11.8 Å². The van der Waals surface area contributed by atoms with Crippen molar-refractivity contribution in [1.82, 2.24) is 14.8 Å². The van der Waals surface area contributed by atoms with Crippen molar-refractivity contribution in [2.75, 3.05) is 26.2 Å².